The van der Waals surface area contributed by atoms with Gasteiger partial charge in [0.15, 0.2) is 5.82 Å². The number of hydrogen-bond acceptors (Lipinski definition) is 8. The second-order valence-electron chi connectivity index (χ2n) is 6.93. The molecule has 3 aromatic rings. The van der Waals surface area contributed by atoms with Crippen molar-refractivity contribution in [3.8, 4) is 0 Å². The van der Waals surface area contributed by atoms with Gasteiger partial charge in [-0.2, -0.15) is 9.97 Å². The summed E-state index contributed by atoms with van der Waals surface area (Å²) in [5.41, 5.74) is 11.6. The third-order valence-corrected chi connectivity index (χ3v) is 5.09. The summed E-state index contributed by atoms with van der Waals surface area (Å²) >= 11 is 0. The minimum Gasteiger partial charge on any atom is -0.383 e. The van der Waals surface area contributed by atoms with Crippen LogP contribution in [0, 0.1) is 6.92 Å². The first-order chi connectivity index (χ1) is 13.0. The van der Waals surface area contributed by atoms with Gasteiger partial charge < -0.3 is 25.5 Å². The van der Waals surface area contributed by atoms with Crippen molar-refractivity contribution < 1.29 is 0 Å². The molecule has 1 unspecified atom stereocenters. The molecule has 1 aliphatic heterocycles. The largest absolute Gasteiger partial charge is 0.383 e. The molecule has 1 aliphatic rings. The normalized spacial score (nSPS) is 17.4. The number of imidazole rings is 1. The van der Waals surface area contributed by atoms with E-state index in [0.717, 1.165) is 49.2 Å². The topological polar surface area (TPSA) is 130 Å². The molecule has 0 bridgehead atoms. The smallest absolute Gasteiger partial charge is 0.223 e. The van der Waals surface area contributed by atoms with E-state index in [0.29, 0.717) is 12.4 Å². The molecule has 10 nitrogen and oxygen atoms in total. The molecule has 0 amide bonds. The second-order valence-corrected chi connectivity index (χ2v) is 6.93. The lowest BCUT2D eigenvalue weighted by molar-refractivity contribution is 0.475. The van der Waals surface area contributed by atoms with Crippen LogP contribution in [0.15, 0.2) is 18.5 Å². The van der Waals surface area contributed by atoms with Crippen LogP contribution in [0.3, 0.4) is 0 Å². The third kappa shape index (κ3) is 3.42. The second kappa shape index (κ2) is 6.86. The molecule has 4 rings (SSSR count). The van der Waals surface area contributed by atoms with Crippen LogP contribution in [0.2, 0.25) is 0 Å². The van der Waals surface area contributed by atoms with Gasteiger partial charge >= 0.3 is 0 Å². The van der Waals surface area contributed by atoms with Crippen LogP contribution >= 0.6 is 0 Å². The summed E-state index contributed by atoms with van der Waals surface area (Å²) in [4.78, 5) is 14.7. The van der Waals surface area contributed by atoms with Crippen molar-refractivity contribution in [1.29, 1.82) is 0 Å². The highest BCUT2D eigenvalue weighted by Crippen LogP contribution is 2.29. The zero-order valence-corrected chi connectivity index (χ0v) is 15.6. The van der Waals surface area contributed by atoms with Crippen molar-refractivity contribution in [2.45, 2.75) is 32.2 Å². The molecule has 0 spiro atoms. The highest BCUT2D eigenvalue weighted by molar-refractivity contribution is 5.50. The molecule has 1 atom stereocenters. The van der Waals surface area contributed by atoms with Gasteiger partial charge in [0.2, 0.25) is 5.95 Å². The standard InChI is InChI=1S/C17H24N10/c1-11-20-5-7-26(11)10-15-23-24-16(25(15)2)12-4-3-6-27(9-12)14-8-13(18)21-17(19)22-14/h5,7-8,12H,3-4,6,9-10H2,1-2H3,(H4,18,19,21,22). The Hall–Kier alpha value is -3.17. The fourth-order valence-electron chi connectivity index (χ4n) is 3.62. The van der Waals surface area contributed by atoms with Crippen LogP contribution in [-0.4, -0.2) is 47.4 Å². The highest BCUT2D eigenvalue weighted by Gasteiger charge is 2.27. The Morgan fingerprint density at radius 3 is 2.81 bits per heavy atom. The number of hydrogen-bond donors (Lipinski definition) is 2. The first-order valence-corrected chi connectivity index (χ1v) is 9.02. The summed E-state index contributed by atoms with van der Waals surface area (Å²) in [6, 6.07) is 1.77. The average Bonchev–Trinajstić information content (AvgIpc) is 3.21. The first-order valence-electron chi connectivity index (χ1n) is 9.02. The Bertz CT molecular complexity index is 923. The fourth-order valence-corrected chi connectivity index (χ4v) is 3.62. The molecule has 0 radical (unpaired) electrons. The van der Waals surface area contributed by atoms with Crippen molar-refractivity contribution in [3.05, 3.63) is 35.9 Å². The van der Waals surface area contributed by atoms with E-state index in [4.69, 9.17) is 11.5 Å². The number of nitrogens with two attached hydrogens (primary N) is 2. The molecular formula is C17H24N10. The summed E-state index contributed by atoms with van der Waals surface area (Å²) in [6.45, 7) is 4.34. The number of anilines is 3. The maximum atomic E-state index is 5.82. The Balaban J connectivity index is 1.54. The predicted molar refractivity (Wildman–Crippen MR) is 102 cm³/mol. The van der Waals surface area contributed by atoms with Gasteiger partial charge in [-0.05, 0) is 19.8 Å². The molecule has 4 N–H and O–H groups in total. The molecule has 0 aliphatic carbocycles. The number of aromatic nitrogens is 7. The molecule has 3 aromatic heterocycles. The van der Waals surface area contributed by atoms with E-state index < -0.39 is 0 Å². The Morgan fingerprint density at radius 2 is 2.07 bits per heavy atom. The maximum absolute atomic E-state index is 5.82. The van der Waals surface area contributed by atoms with E-state index in [-0.39, 0.29) is 11.9 Å². The van der Waals surface area contributed by atoms with Gasteiger partial charge in [0.05, 0.1) is 6.54 Å². The van der Waals surface area contributed by atoms with Crippen molar-refractivity contribution >= 4 is 17.6 Å². The van der Waals surface area contributed by atoms with E-state index in [1.165, 1.54) is 0 Å². The summed E-state index contributed by atoms with van der Waals surface area (Å²) in [5, 5.41) is 8.90. The van der Waals surface area contributed by atoms with Crippen molar-refractivity contribution in [1.82, 2.24) is 34.3 Å². The number of piperidine rings is 1. The van der Waals surface area contributed by atoms with Gasteiger partial charge in [-0.25, -0.2) is 4.98 Å². The lowest BCUT2D eigenvalue weighted by atomic mass is 9.97. The van der Waals surface area contributed by atoms with Gasteiger partial charge in [-0.1, -0.05) is 0 Å². The van der Waals surface area contributed by atoms with Crippen LogP contribution in [0.4, 0.5) is 17.6 Å². The van der Waals surface area contributed by atoms with Gasteiger partial charge in [0.1, 0.15) is 23.3 Å². The van der Waals surface area contributed by atoms with Gasteiger partial charge in [0, 0.05) is 44.5 Å². The zero-order valence-electron chi connectivity index (χ0n) is 15.6. The molecular weight excluding hydrogens is 344 g/mol. The summed E-state index contributed by atoms with van der Waals surface area (Å²) in [6.07, 6.45) is 5.85. The Labute approximate surface area is 157 Å². The number of rotatable bonds is 4. The van der Waals surface area contributed by atoms with Crippen molar-refractivity contribution in [2.24, 2.45) is 7.05 Å². The maximum Gasteiger partial charge on any atom is 0.223 e. The van der Waals surface area contributed by atoms with Crippen LogP contribution in [-0.2, 0) is 13.6 Å². The van der Waals surface area contributed by atoms with E-state index >= 15 is 0 Å². The average molecular weight is 368 g/mol. The SMILES string of the molecule is Cc1nccn1Cc1nnc(C2CCCN(c3cc(N)nc(N)n3)C2)n1C. The number of nitrogen functional groups attached to an aromatic ring is 2. The minimum absolute atomic E-state index is 0.198. The van der Waals surface area contributed by atoms with Crippen LogP contribution < -0.4 is 16.4 Å². The van der Waals surface area contributed by atoms with E-state index in [1.807, 2.05) is 20.2 Å². The summed E-state index contributed by atoms with van der Waals surface area (Å²) < 4.78 is 4.16. The Kier molecular flexibility index (Phi) is 4.38. The van der Waals surface area contributed by atoms with Gasteiger partial charge in [-0.3, -0.25) is 0 Å². The highest BCUT2D eigenvalue weighted by atomic mass is 15.3. The molecule has 10 heteroatoms. The predicted octanol–water partition coefficient (Wildman–Crippen LogP) is 0.707. The van der Waals surface area contributed by atoms with Crippen molar-refractivity contribution in [2.75, 3.05) is 29.5 Å². The monoisotopic (exact) mass is 368 g/mol. The molecule has 4 heterocycles. The molecule has 142 valence electrons. The van der Waals surface area contributed by atoms with Crippen LogP contribution in [0.5, 0.6) is 0 Å². The van der Waals surface area contributed by atoms with Crippen molar-refractivity contribution in [3.63, 3.8) is 0 Å². The lowest BCUT2D eigenvalue weighted by Gasteiger charge is -2.33. The van der Waals surface area contributed by atoms with E-state index in [9.17, 15) is 0 Å². The van der Waals surface area contributed by atoms with E-state index in [2.05, 4.69) is 39.2 Å². The van der Waals surface area contributed by atoms with E-state index in [1.54, 1.807) is 12.3 Å². The lowest BCUT2D eigenvalue weighted by Crippen LogP contribution is -2.36. The first kappa shape index (κ1) is 17.3. The fraction of sp³-hybridized carbons (Fsp3) is 0.471. The summed E-state index contributed by atoms with van der Waals surface area (Å²) in [7, 11) is 2.02. The third-order valence-electron chi connectivity index (χ3n) is 5.09. The van der Waals surface area contributed by atoms with Gasteiger partial charge in [0.25, 0.3) is 0 Å². The molecule has 0 aromatic carbocycles. The van der Waals surface area contributed by atoms with Crippen LogP contribution in [0.25, 0.3) is 0 Å². The molecule has 1 saturated heterocycles. The number of nitrogens with zero attached hydrogens (tertiary/aromatic N) is 8. The molecule has 0 saturated carbocycles. The molecule has 1 fully saturated rings. The van der Waals surface area contributed by atoms with Crippen LogP contribution in [0.1, 0.15) is 36.2 Å². The molecule has 27 heavy (non-hydrogen) atoms. The minimum atomic E-state index is 0.198. The zero-order chi connectivity index (χ0) is 19.0. The quantitative estimate of drug-likeness (QED) is 0.688. The van der Waals surface area contributed by atoms with Gasteiger partial charge in [-0.15, -0.1) is 10.2 Å². The Morgan fingerprint density at radius 1 is 1.22 bits per heavy atom. The number of aryl methyl sites for hydroxylation is 1. The summed E-state index contributed by atoms with van der Waals surface area (Å²) in [5.74, 6) is 4.48.